The van der Waals surface area contributed by atoms with Crippen molar-refractivity contribution in [2.24, 2.45) is 33.5 Å². The zero-order valence-corrected chi connectivity index (χ0v) is 24.4. The van der Waals surface area contributed by atoms with E-state index in [-0.39, 0.29) is 42.5 Å². The molecule has 0 amide bonds. The summed E-state index contributed by atoms with van der Waals surface area (Å²) in [7, 11) is 0. The molecule has 1 radical (unpaired) electrons. The van der Waals surface area contributed by atoms with E-state index in [0.29, 0.717) is 22.7 Å². The molecule has 0 N–H and O–H groups in total. The fraction of sp³-hybridized carbons (Fsp3) is 0.786. The molecule has 2 atom stereocenters. The summed E-state index contributed by atoms with van der Waals surface area (Å²) in [5.74, 6) is 1.42. The molecule has 0 aromatic carbocycles. The minimum Gasteiger partial charge on any atom is -0.358 e. The standard InChI is InChI=1S/2C13H26.2CH3.Co/c2*1-10(12(3,4)5)9-11(2)13(6,7)8;;;/h2*11H,1,9H2,2-8H3;2*1H3;/q;;2*-1;+2. The van der Waals surface area contributed by atoms with E-state index >= 15 is 0 Å². The molecule has 0 fully saturated rings. The molecule has 0 heterocycles. The SMILES string of the molecule is C=C(CC(C)C(C)(C)C)C(C)(C)C.C=C(CC(C)C(C)(C)C)C(C)(C)C.[CH3-].[CH3-].[Co+2]. The molecule has 1 heteroatoms. The van der Waals surface area contributed by atoms with Gasteiger partial charge < -0.3 is 14.9 Å². The average Bonchev–Trinajstić information content (AvgIpc) is 2.34. The van der Waals surface area contributed by atoms with Crippen LogP contribution in [0.5, 0.6) is 0 Å². The van der Waals surface area contributed by atoms with Crippen LogP contribution in [0.3, 0.4) is 0 Å². The summed E-state index contributed by atoms with van der Waals surface area (Å²) < 4.78 is 0. The summed E-state index contributed by atoms with van der Waals surface area (Å²) in [6.45, 7) is 40.2. The van der Waals surface area contributed by atoms with Gasteiger partial charge in [0, 0.05) is 0 Å². The number of hydrogen-bond acceptors (Lipinski definition) is 0. The van der Waals surface area contributed by atoms with Gasteiger partial charge in [-0.25, -0.2) is 0 Å². The third kappa shape index (κ3) is 18.5. The Morgan fingerprint density at radius 2 is 0.724 bits per heavy atom. The van der Waals surface area contributed by atoms with Gasteiger partial charge in [-0.1, -0.05) is 121 Å². The summed E-state index contributed by atoms with van der Waals surface area (Å²) in [4.78, 5) is 0. The summed E-state index contributed by atoms with van der Waals surface area (Å²) in [5, 5.41) is 0. The number of rotatable bonds is 4. The summed E-state index contributed by atoms with van der Waals surface area (Å²) in [5.41, 5.74) is 4.06. The summed E-state index contributed by atoms with van der Waals surface area (Å²) >= 11 is 0. The van der Waals surface area contributed by atoms with Gasteiger partial charge in [-0.2, -0.15) is 0 Å². The van der Waals surface area contributed by atoms with E-state index in [4.69, 9.17) is 0 Å². The van der Waals surface area contributed by atoms with Crippen LogP contribution in [-0.4, -0.2) is 0 Å². The van der Waals surface area contributed by atoms with Crippen molar-refractivity contribution in [1.82, 2.24) is 0 Å². The summed E-state index contributed by atoms with van der Waals surface area (Å²) in [6.07, 6.45) is 2.29. The number of hydrogen-bond donors (Lipinski definition) is 0. The first-order valence-electron chi connectivity index (χ1n) is 10.5. The zero-order chi connectivity index (χ0) is 21.7. The van der Waals surface area contributed by atoms with Crippen LogP contribution in [0.2, 0.25) is 0 Å². The minimum absolute atomic E-state index is 0. The third-order valence-electron chi connectivity index (χ3n) is 6.18. The van der Waals surface area contributed by atoms with Crippen LogP contribution in [0.4, 0.5) is 0 Å². The van der Waals surface area contributed by atoms with E-state index in [1.807, 2.05) is 0 Å². The van der Waals surface area contributed by atoms with Crippen LogP contribution in [0, 0.1) is 48.3 Å². The van der Waals surface area contributed by atoms with Crippen LogP contribution in [0.25, 0.3) is 0 Å². The van der Waals surface area contributed by atoms with Crippen molar-refractivity contribution in [3.05, 3.63) is 39.2 Å². The Hall–Kier alpha value is -0.0135. The molecule has 0 aromatic heterocycles. The maximum absolute atomic E-state index is 4.18. The molecule has 2 unspecified atom stereocenters. The quantitative estimate of drug-likeness (QED) is 0.293. The molecule has 0 nitrogen and oxygen atoms in total. The van der Waals surface area contributed by atoms with E-state index in [2.05, 4.69) is 110 Å². The van der Waals surface area contributed by atoms with Crippen LogP contribution in [0.15, 0.2) is 24.3 Å². The molecule has 179 valence electrons. The van der Waals surface area contributed by atoms with Gasteiger partial charge >= 0.3 is 16.8 Å². The van der Waals surface area contributed by atoms with Crippen molar-refractivity contribution in [3.8, 4) is 0 Å². The van der Waals surface area contributed by atoms with E-state index in [1.54, 1.807) is 0 Å². The monoisotopic (exact) mass is 453 g/mol. The van der Waals surface area contributed by atoms with E-state index in [1.165, 1.54) is 11.1 Å². The first-order valence-corrected chi connectivity index (χ1v) is 10.5. The first-order chi connectivity index (χ1) is 11.1. The van der Waals surface area contributed by atoms with Crippen molar-refractivity contribution >= 4 is 0 Å². The Balaban J connectivity index is -0.000000120. The van der Waals surface area contributed by atoms with Crippen molar-refractivity contribution in [2.45, 2.75) is 110 Å². The molecule has 0 saturated carbocycles. The molecule has 0 rings (SSSR count). The Kier molecular flexibility index (Phi) is 19.2. The van der Waals surface area contributed by atoms with Crippen molar-refractivity contribution in [1.29, 1.82) is 0 Å². The Morgan fingerprint density at radius 3 is 0.828 bits per heavy atom. The molecule has 0 spiro atoms. The van der Waals surface area contributed by atoms with Gasteiger partial charge in [-0.05, 0) is 46.3 Å². The smallest absolute Gasteiger partial charge is 0.358 e. The molecule has 0 aliphatic carbocycles. The van der Waals surface area contributed by atoms with E-state index in [0.717, 1.165) is 12.8 Å². The van der Waals surface area contributed by atoms with Crippen molar-refractivity contribution < 1.29 is 16.8 Å². The zero-order valence-electron chi connectivity index (χ0n) is 23.3. The van der Waals surface area contributed by atoms with Gasteiger partial charge in [-0.15, -0.1) is 0 Å². The molecule has 0 aliphatic rings. The van der Waals surface area contributed by atoms with E-state index in [9.17, 15) is 0 Å². The first kappa shape index (κ1) is 39.5. The Morgan fingerprint density at radius 1 is 0.552 bits per heavy atom. The summed E-state index contributed by atoms with van der Waals surface area (Å²) in [6, 6.07) is 0. The largest absolute Gasteiger partial charge is 2.00 e. The molecule has 0 aromatic rings. The van der Waals surface area contributed by atoms with Gasteiger partial charge in [0.1, 0.15) is 0 Å². The second-order valence-corrected chi connectivity index (χ2v) is 12.6. The van der Waals surface area contributed by atoms with Gasteiger partial charge in [0.2, 0.25) is 0 Å². The Labute approximate surface area is 199 Å². The van der Waals surface area contributed by atoms with Crippen molar-refractivity contribution in [3.63, 3.8) is 0 Å². The third-order valence-corrected chi connectivity index (χ3v) is 6.18. The normalized spacial score (nSPS) is 14.0. The predicted octanol–water partition coefficient (Wildman–Crippen LogP) is 10.2. The van der Waals surface area contributed by atoms with Gasteiger partial charge in [0.15, 0.2) is 0 Å². The molecule has 29 heavy (non-hydrogen) atoms. The molecule has 0 saturated heterocycles. The molecule has 0 bridgehead atoms. The van der Waals surface area contributed by atoms with E-state index < -0.39 is 0 Å². The van der Waals surface area contributed by atoms with Gasteiger partial charge in [0.25, 0.3) is 0 Å². The fourth-order valence-corrected chi connectivity index (χ4v) is 1.96. The Bertz CT molecular complexity index is 397. The van der Waals surface area contributed by atoms with Crippen molar-refractivity contribution in [2.75, 3.05) is 0 Å². The van der Waals surface area contributed by atoms with Gasteiger partial charge in [0.05, 0.1) is 0 Å². The average molecular weight is 454 g/mol. The van der Waals surface area contributed by atoms with Crippen LogP contribution in [-0.2, 0) is 16.8 Å². The maximum atomic E-state index is 4.18. The van der Waals surface area contributed by atoms with Gasteiger partial charge in [-0.3, -0.25) is 0 Å². The number of allylic oxidation sites excluding steroid dienone is 2. The topological polar surface area (TPSA) is 0 Å². The molecular formula is C28H58Co. The van der Waals surface area contributed by atoms with Crippen LogP contribution in [0.1, 0.15) is 110 Å². The fourth-order valence-electron chi connectivity index (χ4n) is 1.96. The van der Waals surface area contributed by atoms with Crippen LogP contribution < -0.4 is 0 Å². The maximum Gasteiger partial charge on any atom is 2.00 e. The second kappa shape index (κ2) is 14.1. The molecule has 0 aliphatic heterocycles. The molecular weight excluding hydrogens is 395 g/mol. The van der Waals surface area contributed by atoms with Crippen LogP contribution >= 0.6 is 0 Å². The predicted molar refractivity (Wildman–Crippen MR) is 136 cm³/mol. The minimum atomic E-state index is 0. The second-order valence-electron chi connectivity index (χ2n) is 12.6.